The summed E-state index contributed by atoms with van der Waals surface area (Å²) in [7, 11) is 0. The molecule has 1 saturated carbocycles. The second kappa shape index (κ2) is 11.5. The summed E-state index contributed by atoms with van der Waals surface area (Å²) >= 11 is 0. The third-order valence-electron chi connectivity index (χ3n) is 8.06. The Labute approximate surface area is 224 Å². The van der Waals surface area contributed by atoms with Crippen molar-refractivity contribution in [1.29, 1.82) is 0 Å². The van der Waals surface area contributed by atoms with Gasteiger partial charge in [-0.1, -0.05) is 55.5 Å². The molecule has 2 aromatic carbocycles. The van der Waals surface area contributed by atoms with E-state index in [2.05, 4.69) is 10.2 Å². The zero-order chi connectivity index (χ0) is 26.6. The van der Waals surface area contributed by atoms with E-state index in [9.17, 15) is 14.4 Å². The molecule has 38 heavy (non-hydrogen) atoms. The van der Waals surface area contributed by atoms with E-state index in [4.69, 9.17) is 9.73 Å². The van der Waals surface area contributed by atoms with E-state index >= 15 is 0 Å². The van der Waals surface area contributed by atoms with Gasteiger partial charge in [-0.3, -0.25) is 29.7 Å². The molecule has 200 valence electrons. The van der Waals surface area contributed by atoms with Gasteiger partial charge in [-0.25, -0.2) is 4.79 Å². The number of aldehydes is 1. The SMILES string of the molecule is CCC1=N[C@H](NC(=O)OCc2ccccc2)C(=O)N(C(C=O)N2CC3CCC(CC3)C2)c2c(C)cccc21. The molecule has 2 atom stereocenters. The highest BCUT2D eigenvalue weighted by Crippen LogP contribution is 2.37. The number of aryl methyl sites for hydroxylation is 1. The molecular formula is C30H36N4O4. The van der Waals surface area contributed by atoms with Crippen molar-refractivity contribution in [3.05, 3.63) is 65.2 Å². The van der Waals surface area contributed by atoms with Crippen molar-refractivity contribution >= 4 is 29.7 Å². The lowest BCUT2D eigenvalue weighted by molar-refractivity contribution is -0.124. The normalized spacial score (nSPS) is 24.1. The molecular weight excluding hydrogens is 480 g/mol. The van der Waals surface area contributed by atoms with Crippen LogP contribution in [0.2, 0.25) is 0 Å². The number of alkyl carbamates (subject to hydrolysis) is 1. The van der Waals surface area contributed by atoms with Gasteiger partial charge in [0.2, 0.25) is 6.17 Å². The number of benzene rings is 2. The number of hydrogen-bond acceptors (Lipinski definition) is 6. The maximum absolute atomic E-state index is 14.2. The fraction of sp³-hybridized carbons (Fsp3) is 0.467. The highest BCUT2D eigenvalue weighted by molar-refractivity contribution is 6.14. The van der Waals surface area contributed by atoms with Crippen LogP contribution in [0.1, 0.15) is 55.7 Å². The number of carbonyl (C=O) groups is 3. The van der Waals surface area contributed by atoms with Gasteiger partial charge in [0.15, 0.2) is 6.29 Å². The number of para-hydroxylation sites is 1. The van der Waals surface area contributed by atoms with Gasteiger partial charge in [0.05, 0.1) is 5.69 Å². The van der Waals surface area contributed by atoms with Crippen LogP contribution in [-0.4, -0.2) is 54.3 Å². The Bertz CT molecular complexity index is 1190. The van der Waals surface area contributed by atoms with Gasteiger partial charge in [-0.2, -0.15) is 0 Å². The first-order valence-electron chi connectivity index (χ1n) is 13.6. The number of nitrogens with zero attached hydrogens (tertiary/aromatic N) is 3. The number of amides is 2. The van der Waals surface area contributed by atoms with Crippen LogP contribution in [0.3, 0.4) is 0 Å². The van der Waals surface area contributed by atoms with Gasteiger partial charge >= 0.3 is 6.09 Å². The van der Waals surface area contributed by atoms with Gasteiger partial charge in [-0.05, 0) is 62.0 Å². The number of benzodiazepines with no additional fused rings is 1. The summed E-state index contributed by atoms with van der Waals surface area (Å²) in [6.45, 7) is 5.56. The summed E-state index contributed by atoms with van der Waals surface area (Å²) in [4.78, 5) is 48.2. The Kier molecular flexibility index (Phi) is 7.88. The first kappa shape index (κ1) is 26.1. The predicted molar refractivity (Wildman–Crippen MR) is 146 cm³/mol. The molecule has 1 aliphatic carbocycles. The monoisotopic (exact) mass is 516 g/mol. The quantitative estimate of drug-likeness (QED) is 0.550. The number of fused-ring (bicyclic) bond motifs is 5. The van der Waals surface area contributed by atoms with Gasteiger partial charge < -0.3 is 4.74 Å². The molecule has 3 fully saturated rings. The molecule has 8 nitrogen and oxygen atoms in total. The zero-order valence-electron chi connectivity index (χ0n) is 22.1. The lowest BCUT2D eigenvalue weighted by Gasteiger charge is -2.38. The van der Waals surface area contributed by atoms with Crippen molar-refractivity contribution < 1.29 is 19.1 Å². The highest BCUT2D eigenvalue weighted by Gasteiger charge is 2.42. The molecule has 0 radical (unpaired) electrons. The van der Waals surface area contributed by atoms with E-state index in [-0.39, 0.29) is 6.61 Å². The summed E-state index contributed by atoms with van der Waals surface area (Å²) in [6.07, 6.45) is 3.38. The van der Waals surface area contributed by atoms with Crippen LogP contribution in [0.25, 0.3) is 0 Å². The molecule has 4 aliphatic rings. The van der Waals surface area contributed by atoms with Crippen molar-refractivity contribution in [2.45, 2.75) is 64.9 Å². The van der Waals surface area contributed by atoms with E-state index < -0.39 is 24.3 Å². The smallest absolute Gasteiger partial charge is 0.409 e. The summed E-state index contributed by atoms with van der Waals surface area (Å²) in [5.74, 6) is 0.618. The van der Waals surface area contributed by atoms with Gasteiger partial charge in [0, 0.05) is 24.4 Å². The largest absolute Gasteiger partial charge is 0.445 e. The first-order chi connectivity index (χ1) is 18.5. The molecule has 6 rings (SSSR count). The molecule has 0 aromatic heterocycles. The van der Waals surface area contributed by atoms with E-state index in [1.165, 1.54) is 0 Å². The van der Waals surface area contributed by atoms with Crippen LogP contribution in [0.15, 0.2) is 53.5 Å². The van der Waals surface area contributed by atoms with Crippen molar-refractivity contribution in [3.63, 3.8) is 0 Å². The molecule has 1 N–H and O–H groups in total. The van der Waals surface area contributed by atoms with Gasteiger partial charge in [0.1, 0.15) is 12.8 Å². The topological polar surface area (TPSA) is 91.3 Å². The fourth-order valence-electron chi connectivity index (χ4n) is 6.11. The Morgan fingerprint density at radius 1 is 1.08 bits per heavy atom. The number of rotatable bonds is 7. The Balaban J connectivity index is 1.47. The molecule has 3 heterocycles. The summed E-state index contributed by atoms with van der Waals surface area (Å²) < 4.78 is 5.41. The third-order valence-corrected chi connectivity index (χ3v) is 8.06. The number of hydrogen-bond donors (Lipinski definition) is 1. The zero-order valence-corrected chi connectivity index (χ0v) is 22.1. The van der Waals surface area contributed by atoms with E-state index in [0.29, 0.717) is 29.7 Å². The minimum Gasteiger partial charge on any atom is -0.445 e. The van der Waals surface area contributed by atoms with Crippen LogP contribution in [0.4, 0.5) is 10.5 Å². The second-order valence-electron chi connectivity index (χ2n) is 10.6. The van der Waals surface area contributed by atoms with Crippen molar-refractivity contribution in [3.8, 4) is 0 Å². The van der Waals surface area contributed by atoms with Crippen molar-refractivity contribution in [1.82, 2.24) is 10.2 Å². The van der Waals surface area contributed by atoms with E-state index in [1.54, 1.807) is 4.90 Å². The minimum absolute atomic E-state index is 0.0779. The lowest BCUT2D eigenvalue weighted by Crippen LogP contribution is -2.58. The Morgan fingerprint density at radius 3 is 2.39 bits per heavy atom. The molecule has 2 bridgehead atoms. The van der Waals surface area contributed by atoms with Gasteiger partial charge in [0.25, 0.3) is 5.91 Å². The van der Waals surface area contributed by atoms with Crippen LogP contribution in [-0.2, 0) is 20.9 Å². The molecule has 2 amide bonds. The first-order valence-corrected chi connectivity index (χ1v) is 13.6. The number of ether oxygens (including phenoxy) is 1. The predicted octanol–water partition coefficient (Wildman–Crippen LogP) is 4.44. The molecule has 2 aromatic rings. The summed E-state index contributed by atoms with van der Waals surface area (Å²) in [6, 6.07) is 15.2. The molecule has 2 saturated heterocycles. The van der Waals surface area contributed by atoms with Crippen LogP contribution in [0, 0.1) is 18.8 Å². The third kappa shape index (κ3) is 5.36. The summed E-state index contributed by atoms with van der Waals surface area (Å²) in [5.41, 5.74) is 3.93. The maximum Gasteiger partial charge on any atom is 0.409 e. The second-order valence-corrected chi connectivity index (χ2v) is 10.6. The molecule has 8 heteroatoms. The standard InChI is InChI=1S/C30H36N4O4/c1-3-25-24-11-7-8-20(2)27(24)34(26(18-35)33-16-21-12-13-22(17-33)15-14-21)29(36)28(31-25)32-30(37)38-19-23-9-5-4-6-10-23/h4-11,18,21-22,26,28H,3,12-17,19H2,1-2H3,(H,32,37)/t21?,22?,26?,28-/m1/s1. The Hall–Kier alpha value is -3.52. The average Bonchev–Trinajstić information content (AvgIpc) is 3.31. The number of aliphatic imine (C=N–C) groups is 1. The number of nitrogens with one attached hydrogen (secondary N) is 1. The van der Waals surface area contributed by atoms with E-state index in [1.807, 2.05) is 62.4 Å². The van der Waals surface area contributed by atoms with Crippen molar-refractivity contribution in [2.75, 3.05) is 18.0 Å². The van der Waals surface area contributed by atoms with E-state index in [0.717, 1.165) is 61.7 Å². The number of anilines is 1. The molecule has 0 spiro atoms. The molecule has 1 unspecified atom stereocenters. The van der Waals surface area contributed by atoms with Gasteiger partial charge in [-0.15, -0.1) is 0 Å². The maximum atomic E-state index is 14.2. The fourth-order valence-corrected chi connectivity index (χ4v) is 6.11. The van der Waals surface area contributed by atoms with Crippen molar-refractivity contribution in [2.24, 2.45) is 16.8 Å². The number of carbonyl (C=O) groups excluding carboxylic acids is 3. The van der Waals surface area contributed by atoms with Crippen LogP contribution in [0.5, 0.6) is 0 Å². The minimum atomic E-state index is -1.20. The van der Waals surface area contributed by atoms with Crippen LogP contribution >= 0.6 is 0 Å². The summed E-state index contributed by atoms with van der Waals surface area (Å²) in [5, 5.41) is 2.68. The Morgan fingerprint density at radius 2 is 1.76 bits per heavy atom. The lowest BCUT2D eigenvalue weighted by atomic mass is 9.84. The highest BCUT2D eigenvalue weighted by atomic mass is 16.5. The van der Waals surface area contributed by atoms with Crippen LogP contribution < -0.4 is 10.2 Å². The average molecular weight is 517 g/mol. The molecule has 3 aliphatic heterocycles.